The van der Waals surface area contributed by atoms with E-state index in [0.29, 0.717) is 11.4 Å². The topological polar surface area (TPSA) is 88.7 Å². The highest BCUT2D eigenvalue weighted by Gasteiger charge is 2.15. The highest BCUT2D eigenvalue weighted by atomic mass is 16.5. The van der Waals surface area contributed by atoms with Crippen molar-refractivity contribution in [2.45, 2.75) is 0 Å². The van der Waals surface area contributed by atoms with Crippen LogP contribution in [0.4, 0.5) is 16.2 Å². The molecule has 0 bridgehead atoms. The monoisotopic (exact) mass is 197 g/mol. The maximum atomic E-state index is 10.7. The van der Waals surface area contributed by atoms with Crippen LogP contribution in [0.15, 0.2) is 12.3 Å². The Bertz CT molecular complexity index is 354. The predicted octanol–water partition coefficient (Wildman–Crippen LogP) is 0.787. The summed E-state index contributed by atoms with van der Waals surface area (Å²) in [6, 6.07) is 1.49. The highest BCUT2D eigenvalue weighted by molar-refractivity contribution is 5.87. The van der Waals surface area contributed by atoms with Crippen LogP contribution in [0.3, 0.4) is 0 Å². The van der Waals surface area contributed by atoms with Gasteiger partial charge in [0.25, 0.3) is 0 Å². The van der Waals surface area contributed by atoms with E-state index < -0.39 is 6.09 Å². The fourth-order valence-electron chi connectivity index (χ4n) is 0.957. The molecule has 1 amide bonds. The molecule has 76 valence electrons. The molecule has 1 aromatic heterocycles. The Morgan fingerprint density at radius 2 is 2.36 bits per heavy atom. The van der Waals surface area contributed by atoms with Gasteiger partial charge in [-0.1, -0.05) is 0 Å². The third-order valence-electron chi connectivity index (χ3n) is 1.70. The lowest BCUT2D eigenvalue weighted by Gasteiger charge is -2.15. The molecule has 0 unspecified atom stereocenters. The molecule has 14 heavy (non-hydrogen) atoms. The van der Waals surface area contributed by atoms with Gasteiger partial charge in [0.2, 0.25) is 5.88 Å². The van der Waals surface area contributed by atoms with E-state index in [-0.39, 0.29) is 5.88 Å². The quantitative estimate of drug-likeness (QED) is 0.731. The number of hydrogen-bond acceptors (Lipinski definition) is 4. The van der Waals surface area contributed by atoms with Crippen molar-refractivity contribution in [3.05, 3.63) is 12.3 Å². The Hall–Kier alpha value is -1.98. The molecule has 0 aromatic carbocycles. The van der Waals surface area contributed by atoms with Gasteiger partial charge in [-0.2, -0.15) is 0 Å². The SMILES string of the molecule is COc1ncc(N)cc1N(C)C(=O)O. The third kappa shape index (κ3) is 1.85. The van der Waals surface area contributed by atoms with Gasteiger partial charge in [-0.05, 0) is 6.07 Å². The number of rotatable bonds is 2. The van der Waals surface area contributed by atoms with E-state index in [2.05, 4.69) is 4.98 Å². The van der Waals surface area contributed by atoms with E-state index in [9.17, 15) is 4.79 Å². The van der Waals surface area contributed by atoms with Gasteiger partial charge in [-0.3, -0.25) is 4.90 Å². The first-order valence-corrected chi connectivity index (χ1v) is 3.82. The Balaban J connectivity index is 3.16. The van der Waals surface area contributed by atoms with Crippen LogP contribution in [0.25, 0.3) is 0 Å². The number of pyridine rings is 1. The molecule has 6 heteroatoms. The molecule has 3 N–H and O–H groups in total. The average Bonchev–Trinajstić information content (AvgIpc) is 2.16. The van der Waals surface area contributed by atoms with Gasteiger partial charge in [0.1, 0.15) is 5.69 Å². The minimum atomic E-state index is -1.10. The zero-order valence-corrected chi connectivity index (χ0v) is 7.89. The second-order valence-electron chi connectivity index (χ2n) is 2.64. The Morgan fingerprint density at radius 1 is 1.71 bits per heavy atom. The Kier molecular flexibility index (Phi) is 2.76. The van der Waals surface area contributed by atoms with Crippen molar-refractivity contribution in [3.8, 4) is 5.88 Å². The van der Waals surface area contributed by atoms with Gasteiger partial charge in [-0.25, -0.2) is 9.78 Å². The number of nitrogens with two attached hydrogens (primary N) is 1. The first-order chi connectivity index (χ1) is 6.56. The molecule has 0 aliphatic rings. The maximum absolute atomic E-state index is 10.7. The Morgan fingerprint density at radius 3 is 2.86 bits per heavy atom. The first-order valence-electron chi connectivity index (χ1n) is 3.82. The van der Waals surface area contributed by atoms with Gasteiger partial charge < -0.3 is 15.6 Å². The van der Waals surface area contributed by atoms with Crippen LogP contribution in [0.5, 0.6) is 5.88 Å². The maximum Gasteiger partial charge on any atom is 0.411 e. The van der Waals surface area contributed by atoms with E-state index >= 15 is 0 Å². The van der Waals surface area contributed by atoms with Crippen molar-refractivity contribution >= 4 is 17.5 Å². The summed E-state index contributed by atoms with van der Waals surface area (Å²) in [7, 11) is 2.80. The Labute approximate surface area is 80.9 Å². The van der Waals surface area contributed by atoms with Crippen molar-refractivity contribution in [2.24, 2.45) is 0 Å². The van der Waals surface area contributed by atoms with Gasteiger partial charge in [0, 0.05) is 7.05 Å². The number of anilines is 2. The van der Waals surface area contributed by atoms with E-state index in [1.54, 1.807) is 0 Å². The minimum absolute atomic E-state index is 0.226. The second-order valence-corrected chi connectivity index (χ2v) is 2.64. The van der Waals surface area contributed by atoms with Crippen molar-refractivity contribution in [1.82, 2.24) is 4.98 Å². The smallest absolute Gasteiger partial charge is 0.411 e. The number of aromatic nitrogens is 1. The van der Waals surface area contributed by atoms with Crippen LogP contribution in [0, 0.1) is 0 Å². The molecule has 1 heterocycles. The molecule has 0 spiro atoms. The number of nitrogen functional groups attached to an aromatic ring is 1. The summed E-state index contributed by atoms with van der Waals surface area (Å²) in [5, 5.41) is 8.75. The molecule has 1 rings (SSSR count). The standard InChI is InChI=1S/C8H11N3O3/c1-11(8(12)13)6-3-5(9)4-10-7(6)14-2/h3-4H,9H2,1-2H3,(H,12,13). The normalized spacial score (nSPS) is 9.57. The van der Waals surface area contributed by atoms with Crippen LogP contribution in [0.1, 0.15) is 0 Å². The van der Waals surface area contributed by atoms with E-state index in [4.69, 9.17) is 15.6 Å². The fourth-order valence-corrected chi connectivity index (χ4v) is 0.957. The molecular formula is C8H11N3O3. The largest absolute Gasteiger partial charge is 0.480 e. The summed E-state index contributed by atoms with van der Waals surface area (Å²) < 4.78 is 4.90. The molecule has 0 atom stereocenters. The van der Waals surface area contributed by atoms with Gasteiger partial charge in [0.15, 0.2) is 0 Å². The summed E-state index contributed by atoms with van der Waals surface area (Å²) in [5.74, 6) is 0.226. The number of hydrogen-bond donors (Lipinski definition) is 2. The van der Waals surface area contributed by atoms with Crippen molar-refractivity contribution in [2.75, 3.05) is 24.8 Å². The van der Waals surface area contributed by atoms with Crippen LogP contribution in [0.2, 0.25) is 0 Å². The summed E-state index contributed by atoms with van der Waals surface area (Å²) in [4.78, 5) is 15.5. The zero-order chi connectivity index (χ0) is 10.7. The lowest BCUT2D eigenvalue weighted by molar-refractivity contribution is 0.203. The molecule has 0 radical (unpaired) electrons. The molecule has 6 nitrogen and oxygen atoms in total. The van der Waals surface area contributed by atoms with E-state index in [1.165, 1.54) is 26.4 Å². The predicted molar refractivity (Wildman–Crippen MR) is 51.6 cm³/mol. The average molecular weight is 197 g/mol. The number of carbonyl (C=O) groups is 1. The number of amides is 1. The van der Waals surface area contributed by atoms with E-state index in [0.717, 1.165) is 4.90 Å². The molecule has 0 saturated heterocycles. The van der Waals surface area contributed by atoms with Crippen LogP contribution < -0.4 is 15.4 Å². The van der Waals surface area contributed by atoms with Gasteiger partial charge >= 0.3 is 6.09 Å². The number of carboxylic acid groups (broad SMARTS) is 1. The molecule has 0 aliphatic carbocycles. The van der Waals surface area contributed by atoms with Gasteiger partial charge in [-0.15, -0.1) is 0 Å². The summed E-state index contributed by atoms with van der Waals surface area (Å²) in [6.07, 6.45) is 0.300. The van der Waals surface area contributed by atoms with Crippen LogP contribution in [-0.4, -0.2) is 30.3 Å². The zero-order valence-electron chi connectivity index (χ0n) is 7.89. The van der Waals surface area contributed by atoms with Crippen LogP contribution >= 0.6 is 0 Å². The summed E-state index contributed by atoms with van der Waals surface area (Å²) >= 11 is 0. The molecule has 0 saturated carbocycles. The second kappa shape index (κ2) is 3.82. The number of methoxy groups -OCH3 is 1. The van der Waals surface area contributed by atoms with Crippen molar-refractivity contribution < 1.29 is 14.6 Å². The molecule has 1 aromatic rings. The van der Waals surface area contributed by atoms with Crippen LogP contribution in [-0.2, 0) is 0 Å². The fraction of sp³-hybridized carbons (Fsp3) is 0.250. The molecule has 0 aliphatic heterocycles. The highest BCUT2D eigenvalue weighted by Crippen LogP contribution is 2.26. The third-order valence-corrected chi connectivity index (χ3v) is 1.70. The van der Waals surface area contributed by atoms with E-state index in [1.807, 2.05) is 0 Å². The molecule has 0 fully saturated rings. The lowest BCUT2D eigenvalue weighted by Crippen LogP contribution is -2.24. The van der Waals surface area contributed by atoms with Crippen molar-refractivity contribution in [3.63, 3.8) is 0 Å². The van der Waals surface area contributed by atoms with Crippen molar-refractivity contribution in [1.29, 1.82) is 0 Å². The number of ether oxygens (including phenoxy) is 1. The van der Waals surface area contributed by atoms with Gasteiger partial charge in [0.05, 0.1) is 19.0 Å². The summed E-state index contributed by atoms with van der Waals surface area (Å²) in [5.41, 5.74) is 6.19. The molecular weight excluding hydrogens is 186 g/mol. The first kappa shape index (κ1) is 10.1. The minimum Gasteiger partial charge on any atom is -0.480 e. The number of nitrogens with zero attached hydrogens (tertiary/aromatic N) is 2. The lowest BCUT2D eigenvalue weighted by atomic mass is 10.3. The summed E-state index contributed by atoms with van der Waals surface area (Å²) in [6.45, 7) is 0.